The van der Waals surface area contributed by atoms with Gasteiger partial charge in [-0.3, -0.25) is 0 Å². The molecule has 0 spiro atoms. The third-order valence-electron chi connectivity index (χ3n) is 3.35. The molecular formula is C22H20O5. The summed E-state index contributed by atoms with van der Waals surface area (Å²) in [5.41, 5.74) is 1.74. The number of unbranched alkanes of at least 4 members (excludes halogenated alkanes) is 1. The minimum atomic E-state index is -0.777. The average molecular weight is 364 g/mol. The molecular weight excluding hydrogens is 344 g/mol. The van der Waals surface area contributed by atoms with Gasteiger partial charge < -0.3 is 14.2 Å². The number of benzene rings is 2. The number of rotatable bonds is 7. The zero-order chi connectivity index (χ0) is 19.3. The zero-order valence-corrected chi connectivity index (χ0v) is 14.9. The molecule has 0 heterocycles. The summed E-state index contributed by atoms with van der Waals surface area (Å²) in [6.45, 7) is 3.74. The Balaban J connectivity index is 1.70. The third kappa shape index (κ3) is 7.93. The number of esters is 1. The molecule has 138 valence electrons. The first-order valence-corrected chi connectivity index (χ1v) is 8.48. The first-order chi connectivity index (χ1) is 13.2. The summed E-state index contributed by atoms with van der Waals surface area (Å²) in [6, 6.07) is 16.5. The topological polar surface area (TPSA) is 61.8 Å². The summed E-state index contributed by atoms with van der Waals surface area (Å²) in [6.07, 6.45) is 1.47. The van der Waals surface area contributed by atoms with Gasteiger partial charge in [0, 0.05) is 17.2 Å². The lowest BCUT2D eigenvalue weighted by Crippen LogP contribution is -2.12. The molecule has 0 saturated heterocycles. The maximum absolute atomic E-state index is 11.6. The molecule has 0 amide bonds. The lowest BCUT2D eigenvalue weighted by Gasteiger charge is -2.06. The number of ether oxygens (including phenoxy) is 3. The van der Waals surface area contributed by atoms with Crippen molar-refractivity contribution in [3.05, 3.63) is 78.4 Å². The van der Waals surface area contributed by atoms with Crippen molar-refractivity contribution in [2.75, 3.05) is 13.2 Å². The van der Waals surface area contributed by atoms with Crippen molar-refractivity contribution in [3.63, 3.8) is 0 Å². The summed E-state index contributed by atoms with van der Waals surface area (Å²) in [5, 5.41) is 0. The van der Waals surface area contributed by atoms with Crippen molar-refractivity contribution in [2.24, 2.45) is 0 Å². The fourth-order valence-corrected chi connectivity index (χ4v) is 1.99. The first kappa shape index (κ1) is 19.8. The van der Waals surface area contributed by atoms with Crippen molar-refractivity contribution >= 4 is 12.1 Å². The third-order valence-corrected chi connectivity index (χ3v) is 3.35. The highest BCUT2D eigenvalue weighted by atomic mass is 16.7. The highest BCUT2D eigenvalue weighted by Gasteiger charge is 2.06. The minimum Gasteiger partial charge on any atom is -0.463 e. The van der Waals surface area contributed by atoms with E-state index in [0.29, 0.717) is 18.6 Å². The molecule has 0 unspecified atom stereocenters. The van der Waals surface area contributed by atoms with Crippen molar-refractivity contribution in [2.45, 2.75) is 12.8 Å². The van der Waals surface area contributed by atoms with Crippen LogP contribution in [0.3, 0.4) is 0 Å². The average Bonchev–Trinajstić information content (AvgIpc) is 2.70. The summed E-state index contributed by atoms with van der Waals surface area (Å²) in [4.78, 5) is 22.5. The van der Waals surface area contributed by atoms with Gasteiger partial charge >= 0.3 is 12.1 Å². The number of hydrogen-bond acceptors (Lipinski definition) is 5. The van der Waals surface area contributed by atoms with Crippen molar-refractivity contribution in [1.82, 2.24) is 0 Å². The Hall–Kier alpha value is -3.52. The first-order valence-electron chi connectivity index (χ1n) is 8.48. The Bertz CT molecular complexity index is 813. The predicted molar refractivity (Wildman–Crippen MR) is 101 cm³/mol. The van der Waals surface area contributed by atoms with Gasteiger partial charge in [-0.2, -0.15) is 0 Å². The second-order valence-electron chi connectivity index (χ2n) is 5.42. The molecule has 0 atom stereocenters. The molecule has 0 aromatic heterocycles. The molecule has 2 aromatic carbocycles. The van der Waals surface area contributed by atoms with Crippen molar-refractivity contribution in [1.29, 1.82) is 0 Å². The molecule has 0 aliphatic carbocycles. The summed E-state index contributed by atoms with van der Waals surface area (Å²) in [7, 11) is 0. The number of carbonyl (C=O) groups excluding carboxylic acids is 2. The van der Waals surface area contributed by atoms with Crippen molar-refractivity contribution in [3.8, 4) is 17.6 Å². The minimum absolute atomic E-state index is 0.186. The molecule has 5 nitrogen and oxygen atoms in total. The van der Waals surface area contributed by atoms with Gasteiger partial charge in [0.2, 0.25) is 0 Å². The lowest BCUT2D eigenvalue weighted by molar-refractivity contribution is -0.137. The Labute approximate surface area is 158 Å². The summed E-state index contributed by atoms with van der Waals surface area (Å²) < 4.78 is 14.9. The molecule has 0 aliphatic heterocycles. The van der Waals surface area contributed by atoms with Gasteiger partial charge in [-0.1, -0.05) is 36.6 Å². The van der Waals surface area contributed by atoms with E-state index in [9.17, 15) is 9.59 Å². The van der Waals surface area contributed by atoms with Crippen LogP contribution < -0.4 is 4.74 Å². The van der Waals surface area contributed by atoms with E-state index in [2.05, 4.69) is 18.4 Å². The normalized spacial score (nSPS) is 9.48. The molecule has 2 rings (SSSR count). The van der Waals surface area contributed by atoms with Gasteiger partial charge in [-0.25, -0.2) is 9.59 Å². The van der Waals surface area contributed by atoms with E-state index in [1.807, 2.05) is 30.3 Å². The predicted octanol–water partition coefficient (Wildman–Crippen LogP) is 4.11. The highest BCUT2D eigenvalue weighted by Crippen LogP contribution is 2.12. The fraction of sp³-hybridized carbons (Fsp3) is 0.182. The van der Waals surface area contributed by atoms with Gasteiger partial charge in [0.1, 0.15) is 5.75 Å². The van der Waals surface area contributed by atoms with Crippen LogP contribution in [-0.4, -0.2) is 25.3 Å². The number of hydrogen-bond donors (Lipinski definition) is 0. The second-order valence-corrected chi connectivity index (χ2v) is 5.42. The highest BCUT2D eigenvalue weighted by molar-refractivity contribution is 5.81. The summed E-state index contributed by atoms with van der Waals surface area (Å²) in [5.74, 6) is 6.02. The zero-order valence-electron chi connectivity index (χ0n) is 14.9. The van der Waals surface area contributed by atoms with E-state index < -0.39 is 12.1 Å². The van der Waals surface area contributed by atoms with Crippen LogP contribution in [0.15, 0.2) is 67.3 Å². The fourth-order valence-electron chi connectivity index (χ4n) is 1.99. The molecule has 0 radical (unpaired) electrons. The second kappa shape index (κ2) is 11.2. The number of carbonyl (C=O) groups is 2. The van der Waals surface area contributed by atoms with Crippen LogP contribution in [0.4, 0.5) is 4.79 Å². The molecule has 0 N–H and O–H groups in total. The smallest absolute Gasteiger partial charge is 0.463 e. The molecule has 0 saturated carbocycles. The monoisotopic (exact) mass is 364 g/mol. The van der Waals surface area contributed by atoms with Crippen LogP contribution in [0.25, 0.3) is 0 Å². The quantitative estimate of drug-likeness (QED) is 0.243. The SMILES string of the molecule is C=CC(=O)OCCCCOC(=O)Oc1ccc(C#Cc2ccccc2)cc1. The maximum atomic E-state index is 11.6. The Morgan fingerprint density at radius 2 is 1.44 bits per heavy atom. The van der Waals surface area contributed by atoms with Crippen LogP contribution in [0.1, 0.15) is 24.0 Å². The van der Waals surface area contributed by atoms with Crippen LogP contribution in [0.2, 0.25) is 0 Å². The Morgan fingerprint density at radius 1 is 0.852 bits per heavy atom. The molecule has 2 aromatic rings. The standard InChI is InChI=1S/C22H20O5/c1-2-21(23)25-16-6-7-17-26-22(24)27-20-14-12-19(13-15-20)11-10-18-8-4-3-5-9-18/h2-5,8-9,12-15H,1,6-7,16-17H2. The van der Waals surface area contributed by atoms with Crippen LogP contribution >= 0.6 is 0 Å². The lowest BCUT2D eigenvalue weighted by atomic mass is 10.2. The molecule has 0 bridgehead atoms. The van der Waals surface area contributed by atoms with E-state index in [4.69, 9.17) is 14.2 Å². The van der Waals surface area contributed by atoms with E-state index in [1.54, 1.807) is 24.3 Å². The van der Waals surface area contributed by atoms with Crippen LogP contribution in [0, 0.1) is 11.8 Å². The van der Waals surface area contributed by atoms with Crippen LogP contribution in [0.5, 0.6) is 5.75 Å². The Morgan fingerprint density at radius 3 is 2.07 bits per heavy atom. The molecule has 27 heavy (non-hydrogen) atoms. The van der Waals surface area contributed by atoms with Crippen molar-refractivity contribution < 1.29 is 23.8 Å². The van der Waals surface area contributed by atoms with E-state index in [0.717, 1.165) is 17.2 Å². The van der Waals surface area contributed by atoms with Crippen LogP contribution in [-0.2, 0) is 14.3 Å². The molecule has 0 fully saturated rings. The largest absolute Gasteiger partial charge is 0.513 e. The van der Waals surface area contributed by atoms with Gasteiger partial charge in [-0.15, -0.1) is 0 Å². The summed E-state index contributed by atoms with van der Waals surface area (Å²) >= 11 is 0. The van der Waals surface area contributed by atoms with Gasteiger partial charge in [0.05, 0.1) is 13.2 Å². The van der Waals surface area contributed by atoms with E-state index in [1.165, 1.54) is 0 Å². The van der Waals surface area contributed by atoms with E-state index in [-0.39, 0.29) is 13.2 Å². The Kier molecular flexibility index (Phi) is 8.19. The van der Waals surface area contributed by atoms with Gasteiger partial charge in [0.15, 0.2) is 0 Å². The maximum Gasteiger partial charge on any atom is 0.513 e. The molecule has 0 aliphatic rings. The van der Waals surface area contributed by atoms with Gasteiger partial charge in [-0.05, 0) is 49.2 Å². The van der Waals surface area contributed by atoms with E-state index >= 15 is 0 Å². The van der Waals surface area contributed by atoms with Gasteiger partial charge in [0.25, 0.3) is 0 Å². The molecule has 5 heteroatoms.